The zero-order valence-electron chi connectivity index (χ0n) is 27.0. The van der Waals surface area contributed by atoms with Crippen molar-refractivity contribution in [2.24, 2.45) is 0 Å². The van der Waals surface area contributed by atoms with E-state index in [4.69, 9.17) is 23.7 Å². The fourth-order valence-electron chi connectivity index (χ4n) is 5.22. The maximum Gasteiger partial charge on any atom is 0.416 e. The Labute approximate surface area is 263 Å². The standard InChI is InChI=1S/C23H18F3NO5.C5H10O2.2C2H6.C2H2/c1-27-6-5-13-16(11-3-2-4-12(9-11)23(24,25)26)20-22(30-8-7-29-20)21-17(13)18(27)19-14(31-21)10-15(28)32-19;1-5(7-3)4-6-2;3*1-2/h2-4,9-10,18-19H,5-8H2,1H3;4H,1-3H3;2*1-2H3;1-2H/b;5-4-;;;. The van der Waals surface area contributed by atoms with Gasteiger partial charge in [-0.1, -0.05) is 39.8 Å². The van der Waals surface area contributed by atoms with Gasteiger partial charge in [0.05, 0.1) is 31.9 Å². The van der Waals surface area contributed by atoms with E-state index in [0.717, 1.165) is 29.0 Å². The second kappa shape index (κ2) is 16.7. The minimum atomic E-state index is -4.47. The van der Waals surface area contributed by atoms with E-state index < -0.39 is 23.8 Å². The number of carbonyl (C=O) groups is 1. The summed E-state index contributed by atoms with van der Waals surface area (Å²) in [6.07, 6.45) is 6.35. The zero-order valence-corrected chi connectivity index (χ0v) is 27.0. The first kappa shape index (κ1) is 36.9. The molecular weight excluding hydrogens is 591 g/mol. The van der Waals surface area contributed by atoms with Gasteiger partial charge in [-0.25, -0.2) is 4.79 Å². The number of esters is 1. The van der Waals surface area contributed by atoms with E-state index in [2.05, 4.69) is 22.5 Å². The van der Waals surface area contributed by atoms with E-state index in [0.29, 0.717) is 47.1 Å². The Morgan fingerprint density at radius 2 is 1.69 bits per heavy atom. The first-order valence-electron chi connectivity index (χ1n) is 14.7. The van der Waals surface area contributed by atoms with Crippen molar-refractivity contribution in [3.63, 3.8) is 0 Å². The molecule has 0 saturated carbocycles. The lowest BCUT2D eigenvalue weighted by molar-refractivity contribution is -0.142. The highest BCUT2D eigenvalue weighted by atomic mass is 19.4. The molecule has 0 aliphatic carbocycles. The van der Waals surface area contributed by atoms with Crippen LogP contribution in [0.3, 0.4) is 0 Å². The molecule has 11 heteroatoms. The summed E-state index contributed by atoms with van der Waals surface area (Å²) in [6.45, 7) is 11.0. The zero-order chi connectivity index (χ0) is 33.9. The lowest BCUT2D eigenvalue weighted by atomic mass is 9.81. The maximum absolute atomic E-state index is 13.4. The molecule has 2 aromatic rings. The predicted molar refractivity (Wildman–Crippen MR) is 166 cm³/mol. The molecule has 4 aliphatic rings. The van der Waals surface area contributed by atoms with Gasteiger partial charge in [-0.3, -0.25) is 4.90 Å². The van der Waals surface area contributed by atoms with Crippen molar-refractivity contribution in [2.75, 3.05) is 41.0 Å². The summed E-state index contributed by atoms with van der Waals surface area (Å²) in [5.41, 5.74) is 1.83. The monoisotopic (exact) mass is 633 g/mol. The van der Waals surface area contributed by atoms with E-state index in [9.17, 15) is 18.0 Å². The molecule has 2 aromatic carbocycles. The van der Waals surface area contributed by atoms with Gasteiger partial charge in [-0.2, -0.15) is 13.2 Å². The number of hydrogen-bond donors (Lipinski definition) is 0. The van der Waals surface area contributed by atoms with Gasteiger partial charge < -0.3 is 28.4 Å². The summed E-state index contributed by atoms with van der Waals surface area (Å²) in [5.74, 6) is 1.86. The summed E-state index contributed by atoms with van der Waals surface area (Å²) in [7, 11) is 5.11. The second-order valence-corrected chi connectivity index (χ2v) is 9.38. The van der Waals surface area contributed by atoms with Crippen molar-refractivity contribution in [1.82, 2.24) is 4.90 Å². The highest BCUT2D eigenvalue weighted by molar-refractivity contribution is 5.88. The minimum absolute atomic E-state index is 0.271. The molecule has 246 valence electrons. The van der Waals surface area contributed by atoms with Gasteiger partial charge in [0.15, 0.2) is 23.4 Å². The number of nitrogens with zero attached hydrogens (tertiary/aromatic N) is 1. The molecule has 45 heavy (non-hydrogen) atoms. The molecule has 4 heterocycles. The Morgan fingerprint density at radius 1 is 1.04 bits per heavy atom. The Balaban J connectivity index is 0.000000471. The molecule has 2 unspecified atom stereocenters. The number of methoxy groups -OCH3 is 2. The summed E-state index contributed by atoms with van der Waals surface area (Å²) < 4.78 is 73.2. The van der Waals surface area contributed by atoms with Crippen LogP contribution in [-0.2, 0) is 31.6 Å². The molecule has 0 aromatic heterocycles. The Kier molecular flexibility index (Phi) is 13.7. The fourth-order valence-corrected chi connectivity index (χ4v) is 5.22. The molecule has 0 spiro atoms. The molecular formula is C34H42F3NO7. The number of carbonyl (C=O) groups excluding carboxylic acids is 1. The molecule has 6 rings (SSSR count). The second-order valence-electron chi connectivity index (χ2n) is 9.38. The molecule has 2 atom stereocenters. The largest absolute Gasteiger partial charge is 0.501 e. The third-order valence-corrected chi connectivity index (χ3v) is 6.95. The molecule has 0 amide bonds. The molecule has 0 saturated heterocycles. The topological polar surface area (TPSA) is 75.7 Å². The number of allylic oxidation sites excluding steroid dienone is 1. The van der Waals surface area contributed by atoms with Crippen LogP contribution in [0.2, 0.25) is 0 Å². The van der Waals surface area contributed by atoms with Crippen LogP contribution in [0, 0.1) is 12.8 Å². The van der Waals surface area contributed by atoms with E-state index in [1.54, 1.807) is 26.5 Å². The van der Waals surface area contributed by atoms with Crippen molar-refractivity contribution in [1.29, 1.82) is 0 Å². The average molecular weight is 634 g/mol. The summed E-state index contributed by atoms with van der Waals surface area (Å²) >= 11 is 0. The number of terminal acetylenes is 1. The van der Waals surface area contributed by atoms with Crippen LogP contribution < -0.4 is 14.2 Å². The third kappa shape index (κ3) is 7.87. The number of hydrogen-bond acceptors (Lipinski definition) is 8. The quantitative estimate of drug-likeness (QED) is 0.198. The SMILES string of the molecule is C#C.CC.CC.CN1CCc2c(-c3cccc(C(F)(F)F)c3)c3c(c4c2C1C1OC(=O)C=C1O4)OCCO3.CO/C=C(/C)OC. The summed E-state index contributed by atoms with van der Waals surface area (Å²) in [5, 5.41) is 0. The third-order valence-electron chi connectivity index (χ3n) is 6.95. The highest BCUT2D eigenvalue weighted by Gasteiger charge is 2.49. The normalized spacial score (nSPS) is 18.8. The Bertz CT molecular complexity index is 1400. The van der Waals surface area contributed by atoms with Crippen molar-refractivity contribution < 1.29 is 46.4 Å². The first-order valence-corrected chi connectivity index (χ1v) is 14.7. The average Bonchev–Trinajstić information content (AvgIpc) is 3.45. The number of rotatable bonds is 3. The van der Waals surface area contributed by atoms with Crippen LogP contribution in [-0.4, -0.2) is 58.0 Å². The van der Waals surface area contributed by atoms with Crippen LogP contribution in [0.1, 0.15) is 57.4 Å². The van der Waals surface area contributed by atoms with Gasteiger partial charge in [-0.15, -0.1) is 12.8 Å². The van der Waals surface area contributed by atoms with Gasteiger partial charge >= 0.3 is 12.1 Å². The number of likely N-dealkylation sites (N-methyl/N-ethyl adjacent to an activating group) is 1. The number of ether oxygens (including phenoxy) is 6. The minimum Gasteiger partial charge on any atom is -0.501 e. The van der Waals surface area contributed by atoms with Gasteiger partial charge in [-0.05, 0) is 43.7 Å². The lowest BCUT2D eigenvalue weighted by Crippen LogP contribution is -2.44. The van der Waals surface area contributed by atoms with Crippen LogP contribution in [0.5, 0.6) is 17.2 Å². The molecule has 4 aliphatic heterocycles. The Hall–Kier alpha value is -4.30. The number of alkyl halides is 3. The van der Waals surface area contributed by atoms with Gasteiger partial charge in [0.2, 0.25) is 5.75 Å². The van der Waals surface area contributed by atoms with E-state index >= 15 is 0 Å². The number of fused-ring (bicyclic) bond motifs is 4. The van der Waals surface area contributed by atoms with Crippen LogP contribution >= 0.6 is 0 Å². The van der Waals surface area contributed by atoms with Crippen LogP contribution in [0.15, 0.2) is 48.1 Å². The molecule has 0 fully saturated rings. The van der Waals surface area contributed by atoms with Gasteiger partial charge in [0.25, 0.3) is 0 Å². The highest BCUT2D eigenvalue weighted by Crippen LogP contribution is 2.58. The molecule has 0 radical (unpaired) electrons. The first-order chi connectivity index (χ1) is 21.6. The van der Waals surface area contributed by atoms with Crippen molar-refractivity contribution in [3.8, 4) is 41.2 Å². The number of benzene rings is 2. The van der Waals surface area contributed by atoms with Crippen molar-refractivity contribution in [2.45, 2.75) is 59.4 Å². The number of halogens is 3. The predicted octanol–water partition coefficient (Wildman–Crippen LogP) is 7.32. The van der Waals surface area contributed by atoms with E-state index in [-0.39, 0.29) is 19.3 Å². The maximum atomic E-state index is 13.4. The molecule has 8 nitrogen and oxygen atoms in total. The van der Waals surface area contributed by atoms with E-state index in [1.165, 1.54) is 12.1 Å². The molecule has 0 bridgehead atoms. The fraction of sp³-hybridized carbons (Fsp3) is 0.441. The molecule has 0 N–H and O–H groups in total. The smallest absolute Gasteiger partial charge is 0.416 e. The van der Waals surface area contributed by atoms with Gasteiger partial charge in [0, 0.05) is 17.7 Å². The van der Waals surface area contributed by atoms with E-state index in [1.807, 2.05) is 41.7 Å². The van der Waals surface area contributed by atoms with Crippen molar-refractivity contribution in [3.05, 3.63) is 64.8 Å². The Morgan fingerprint density at radius 3 is 2.27 bits per heavy atom. The summed E-state index contributed by atoms with van der Waals surface area (Å²) in [4.78, 5) is 14.0. The van der Waals surface area contributed by atoms with Gasteiger partial charge in [0.1, 0.15) is 25.2 Å². The summed E-state index contributed by atoms with van der Waals surface area (Å²) in [6, 6.07) is 4.88. The van der Waals surface area contributed by atoms with Crippen molar-refractivity contribution >= 4 is 5.97 Å². The van der Waals surface area contributed by atoms with Crippen LogP contribution in [0.4, 0.5) is 13.2 Å². The lowest BCUT2D eigenvalue weighted by Gasteiger charge is -2.43. The van der Waals surface area contributed by atoms with Crippen LogP contribution in [0.25, 0.3) is 11.1 Å².